The van der Waals surface area contributed by atoms with Gasteiger partial charge in [-0.05, 0) is 37.3 Å². The Morgan fingerprint density at radius 2 is 1.54 bits per heavy atom. The second-order valence-electron chi connectivity index (χ2n) is 5.22. The van der Waals surface area contributed by atoms with E-state index in [-0.39, 0.29) is 33.8 Å². The molecule has 0 amide bonds. The third-order valence-corrected chi connectivity index (χ3v) is 3.10. The molecule has 0 bridgehead atoms. The zero-order valence-electron chi connectivity index (χ0n) is 13.7. The Kier molecular flexibility index (Phi) is 5.59. The van der Waals surface area contributed by atoms with E-state index in [0.717, 1.165) is 6.07 Å². The molecule has 0 aliphatic carbocycles. The molecule has 0 fully saturated rings. The molecule has 2 rings (SSSR count). The Labute approximate surface area is 148 Å². The molecule has 2 N–H and O–H groups in total. The number of azo groups is 1. The first-order valence-corrected chi connectivity index (χ1v) is 7.28. The van der Waals surface area contributed by atoms with Crippen molar-refractivity contribution in [3.05, 3.63) is 65.7 Å². The van der Waals surface area contributed by atoms with Gasteiger partial charge in [-0.1, -0.05) is 18.7 Å². The van der Waals surface area contributed by atoms with Crippen LogP contribution in [0.1, 0.15) is 27.6 Å². The molecule has 0 radical (unpaired) electrons. The summed E-state index contributed by atoms with van der Waals surface area (Å²) in [6.45, 7) is 4.98. The number of para-hydroxylation sites is 1. The van der Waals surface area contributed by atoms with Gasteiger partial charge in [0, 0.05) is 5.57 Å². The number of benzene rings is 2. The van der Waals surface area contributed by atoms with Gasteiger partial charge in [0.1, 0.15) is 5.69 Å². The molecule has 0 aliphatic heterocycles. The van der Waals surface area contributed by atoms with Crippen LogP contribution in [0.4, 0.5) is 11.4 Å². The van der Waals surface area contributed by atoms with Crippen molar-refractivity contribution in [2.24, 2.45) is 10.2 Å². The summed E-state index contributed by atoms with van der Waals surface area (Å²) < 4.78 is 5.14. The van der Waals surface area contributed by atoms with E-state index in [2.05, 4.69) is 16.8 Å². The van der Waals surface area contributed by atoms with Crippen molar-refractivity contribution in [2.75, 3.05) is 0 Å². The van der Waals surface area contributed by atoms with Crippen LogP contribution in [0.15, 0.2) is 64.8 Å². The number of rotatable bonds is 6. The van der Waals surface area contributed by atoms with E-state index in [0.29, 0.717) is 0 Å². The van der Waals surface area contributed by atoms with Crippen molar-refractivity contribution in [1.82, 2.24) is 0 Å². The van der Waals surface area contributed by atoms with Crippen LogP contribution in [0.5, 0.6) is 5.75 Å². The summed E-state index contributed by atoms with van der Waals surface area (Å²) in [7, 11) is 0. The van der Waals surface area contributed by atoms with Gasteiger partial charge in [-0.2, -0.15) is 5.11 Å². The molecule has 0 saturated carbocycles. The van der Waals surface area contributed by atoms with Crippen molar-refractivity contribution < 1.29 is 29.3 Å². The number of esters is 1. The molecule has 0 heterocycles. The van der Waals surface area contributed by atoms with Crippen LogP contribution >= 0.6 is 0 Å². The zero-order valence-corrected chi connectivity index (χ0v) is 13.7. The Morgan fingerprint density at radius 3 is 2.08 bits per heavy atom. The summed E-state index contributed by atoms with van der Waals surface area (Å²) in [4.78, 5) is 33.9. The molecule has 2 aromatic carbocycles. The van der Waals surface area contributed by atoms with Crippen molar-refractivity contribution in [3.63, 3.8) is 0 Å². The van der Waals surface area contributed by atoms with Crippen molar-refractivity contribution >= 4 is 29.3 Å². The summed E-state index contributed by atoms with van der Waals surface area (Å²) >= 11 is 0. The highest BCUT2D eigenvalue weighted by Crippen LogP contribution is 2.30. The molecule has 0 aromatic heterocycles. The maximum Gasteiger partial charge on any atom is 0.338 e. The minimum atomic E-state index is -1.29. The Hall–Kier alpha value is -3.81. The van der Waals surface area contributed by atoms with E-state index in [1.165, 1.54) is 31.2 Å². The molecule has 0 saturated heterocycles. The number of carbonyl (C=O) groups excluding carboxylic acids is 1. The van der Waals surface area contributed by atoms with Gasteiger partial charge in [-0.3, -0.25) is 0 Å². The summed E-state index contributed by atoms with van der Waals surface area (Å²) in [6.07, 6.45) is 0. The molecule has 8 heteroatoms. The van der Waals surface area contributed by atoms with Crippen LogP contribution in [-0.2, 0) is 4.79 Å². The number of ether oxygens (including phenoxy) is 1. The standard InChI is InChI=1S/C18H14N2O6/c1-10(2)18(25)26-15-6-4-3-5-14(15)20-19-13-8-11(16(21)22)7-12(9-13)17(23)24/h3-9H,1H2,2H3,(H,21,22)(H,23,24). The lowest BCUT2D eigenvalue weighted by molar-refractivity contribution is -0.130. The number of carboxylic acids is 2. The topological polar surface area (TPSA) is 126 Å². The number of nitrogens with zero attached hydrogens (tertiary/aromatic N) is 2. The fourth-order valence-electron chi connectivity index (χ4n) is 1.84. The van der Waals surface area contributed by atoms with Gasteiger partial charge >= 0.3 is 17.9 Å². The molecule has 0 spiro atoms. The lowest BCUT2D eigenvalue weighted by Crippen LogP contribution is -2.08. The molecule has 0 aliphatic rings. The minimum absolute atomic E-state index is 0.0309. The zero-order chi connectivity index (χ0) is 19.3. The van der Waals surface area contributed by atoms with E-state index in [1.54, 1.807) is 12.1 Å². The molecule has 8 nitrogen and oxygen atoms in total. The summed E-state index contributed by atoms with van der Waals surface area (Å²) in [5, 5.41) is 25.9. The first-order valence-electron chi connectivity index (χ1n) is 7.28. The molecule has 2 aromatic rings. The third kappa shape index (κ3) is 4.60. The first kappa shape index (κ1) is 18.5. The molecule has 132 valence electrons. The van der Waals surface area contributed by atoms with Crippen LogP contribution in [0.25, 0.3) is 0 Å². The first-order chi connectivity index (χ1) is 12.3. The molecular formula is C18H14N2O6. The highest BCUT2D eigenvalue weighted by Gasteiger charge is 2.12. The van der Waals surface area contributed by atoms with Crippen LogP contribution in [-0.4, -0.2) is 28.1 Å². The number of hydrogen-bond donors (Lipinski definition) is 2. The van der Waals surface area contributed by atoms with Gasteiger partial charge in [-0.25, -0.2) is 14.4 Å². The van der Waals surface area contributed by atoms with E-state index in [4.69, 9.17) is 14.9 Å². The highest BCUT2D eigenvalue weighted by atomic mass is 16.5. The monoisotopic (exact) mass is 354 g/mol. The van der Waals surface area contributed by atoms with E-state index in [9.17, 15) is 14.4 Å². The van der Waals surface area contributed by atoms with Crippen molar-refractivity contribution in [2.45, 2.75) is 6.92 Å². The van der Waals surface area contributed by atoms with E-state index in [1.807, 2.05) is 0 Å². The maximum atomic E-state index is 11.7. The number of aromatic carboxylic acids is 2. The normalized spacial score (nSPS) is 10.5. The average Bonchev–Trinajstić information content (AvgIpc) is 2.60. The van der Waals surface area contributed by atoms with Crippen LogP contribution < -0.4 is 4.74 Å². The third-order valence-electron chi connectivity index (χ3n) is 3.10. The predicted octanol–water partition coefficient (Wildman–Crippen LogP) is 3.98. The molecular weight excluding hydrogens is 340 g/mol. The lowest BCUT2D eigenvalue weighted by Gasteiger charge is -2.06. The minimum Gasteiger partial charge on any atom is -0.478 e. The van der Waals surface area contributed by atoms with Crippen molar-refractivity contribution in [1.29, 1.82) is 0 Å². The molecule has 26 heavy (non-hydrogen) atoms. The van der Waals surface area contributed by atoms with Crippen LogP contribution in [0.3, 0.4) is 0 Å². The Morgan fingerprint density at radius 1 is 0.962 bits per heavy atom. The Bertz CT molecular complexity index is 901. The number of carbonyl (C=O) groups is 3. The fourth-order valence-corrected chi connectivity index (χ4v) is 1.84. The summed E-state index contributed by atoms with van der Waals surface area (Å²) in [6, 6.07) is 9.69. The average molecular weight is 354 g/mol. The molecule has 0 atom stereocenters. The lowest BCUT2D eigenvalue weighted by atomic mass is 10.1. The Balaban J connectivity index is 2.38. The van der Waals surface area contributed by atoms with Crippen molar-refractivity contribution in [3.8, 4) is 5.75 Å². The fraction of sp³-hybridized carbons (Fsp3) is 0.0556. The highest BCUT2D eigenvalue weighted by molar-refractivity contribution is 5.95. The number of carboxylic acid groups (broad SMARTS) is 2. The maximum absolute atomic E-state index is 11.7. The number of hydrogen-bond acceptors (Lipinski definition) is 6. The van der Waals surface area contributed by atoms with Gasteiger partial charge in [0.05, 0.1) is 16.8 Å². The van der Waals surface area contributed by atoms with Gasteiger partial charge < -0.3 is 14.9 Å². The smallest absolute Gasteiger partial charge is 0.338 e. The second-order valence-corrected chi connectivity index (χ2v) is 5.22. The van der Waals surface area contributed by atoms with Crippen LogP contribution in [0, 0.1) is 0 Å². The summed E-state index contributed by atoms with van der Waals surface area (Å²) in [5.41, 5.74) is -0.0262. The van der Waals surface area contributed by atoms with Crippen LogP contribution in [0.2, 0.25) is 0 Å². The SMILES string of the molecule is C=C(C)C(=O)Oc1ccccc1N=Nc1cc(C(=O)O)cc(C(=O)O)c1. The summed E-state index contributed by atoms with van der Waals surface area (Å²) in [5.74, 6) is -3.08. The van der Waals surface area contributed by atoms with Gasteiger partial charge in [0.15, 0.2) is 5.75 Å². The predicted molar refractivity (Wildman–Crippen MR) is 91.4 cm³/mol. The van der Waals surface area contributed by atoms with Gasteiger partial charge in [-0.15, -0.1) is 5.11 Å². The second kappa shape index (κ2) is 7.84. The quantitative estimate of drug-likeness (QED) is 0.350. The largest absolute Gasteiger partial charge is 0.478 e. The molecule has 0 unspecified atom stereocenters. The van der Waals surface area contributed by atoms with Gasteiger partial charge in [0.25, 0.3) is 0 Å². The van der Waals surface area contributed by atoms with E-state index < -0.39 is 17.9 Å². The van der Waals surface area contributed by atoms with Gasteiger partial charge in [0.2, 0.25) is 0 Å². The van der Waals surface area contributed by atoms with E-state index >= 15 is 0 Å².